The van der Waals surface area contributed by atoms with E-state index in [2.05, 4.69) is 10.6 Å². The monoisotopic (exact) mass is 437 g/mol. The van der Waals surface area contributed by atoms with Gasteiger partial charge < -0.3 is 20.1 Å². The topological polar surface area (TPSA) is 97.0 Å². The minimum absolute atomic E-state index is 0.0523. The van der Waals surface area contributed by atoms with E-state index in [1.54, 1.807) is 18.2 Å². The summed E-state index contributed by atoms with van der Waals surface area (Å²) < 4.78 is 11.5. The first-order chi connectivity index (χ1) is 15.4. The number of ether oxygens (including phenoxy) is 2. The molecule has 0 saturated carbocycles. The average molecular weight is 437 g/mol. The summed E-state index contributed by atoms with van der Waals surface area (Å²) in [7, 11) is 0. The number of carbonyl (C=O) groups is 3. The van der Waals surface area contributed by atoms with Crippen molar-refractivity contribution < 1.29 is 23.9 Å². The fourth-order valence-corrected chi connectivity index (χ4v) is 4.28. The first-order valence-electron chi connectivity index (χ1n) is 10.8. The molecule has 2 atom stereocenters. The Morgan fingerprint density at radius 2 is 2.00 bits per heavy atom. The summed E-state index contributed by atoms with van der Waals surface area (Å²) in [5, 5.41) is 5.56. The molecule has 0 radical (unpaired) electrons. The van der Waals surface area contributed by atoms with Crippen LogP contribution in [0.4, 0.5) is 10.5 Å². The van der Waals surface area contributed by atoms with Crippen molar-refractivity contribution >= 4 is 23.5 Å². The first-order valence-corrected chi connectivity index (χ1v) is 10.8. The van der Waals surface area contributed by atoms with E-state index in [4.69, 9.17) is 9.47 Å². The molecule has 2 aromatic rings. The smallest absolute Gasteiger partial charge is 0.325 e. The van der Waals surface area contributed by atoms with E-state index in [1.807, 2.05) is 45.0 Å². The second kappa shape index (κ2) is 8.53. The van der Waals surface area contributed by atoms with Crippen molar-refractivity contribution in [2.45, 2.75) is 45.3 Å². The lowest BCUT2D eigenvalue weighted by Gasteiger charge is -2.25. The lowest BCUT2D eigenvalue weighted by atomic mass is 9.87. The van der Waals surface area contributed by atoms with Gasteiger partial charge in [0.2, 0.25) is 5.91 Å². The number of rotatable bonds is 7. The summed E-state index contributed by atoms with van der Waals surface area (Å²) in [6.07, 6.45) is 1.19. The van der Waals surface area contributed by atoms with Crippen molar-refractivity contribution in [2.24, 2.45) is 0 Å². The van der Waals surface area contributed by atoms with Crippen LogP contribution in [-0.4, -0.2) is 42.0 Å². The standard InChI is InChI=1S/C24H27N3O5/c1-4-24(17-9-7-6-8-10-17)22(29)27(23(30)26-24)14-21(28)25-18-13-19-16(11-15(3)32-19)12-20(18)31-5-2/h6-10,12-13,15H,4-5,11,14H2,1-3H3,(H,25,28)(H,26,30)/t15-,24-/m0/s1. The van der Waals surface area contributed by atoms with Gasteiger partial charge in [0.15, 0.2) is 0 Å². The number of urea groups is 1. The zero-order chi connectivity index (χ0) is 22.9. The normalized spacial score (nSPS) is 21.7. The Labute approximate surface area is 186 Å². The van der Waals surface area contributed by atoms with E-state index in [0.29, 0.717) is 35.8 Å². The summed E-state index contributed by atoms with van der Waals surface area (Å²) in [6.45, 7) is 5.69. The molecule has 0 aliphatic carbocycles. The highest BCUT2D eigenvalue weighted by Crippen LogP contribution is 2.38. The molecule has 2 aliphatic heterocycles. The molecule has 0 unspecified atom stereocenters. The van der Waals surface area contributed by atoms with Crippen LogP contribution in [0.25, 0.3) is 0 Å². The summed E-state index contributed by atoms with van der Waals surface area (Å²) in [5.74, 6) is 0.282. The van der Waals surface area contributed by atoms with Gasteiger partial charge in [-0.05, 0) is 31.9 Å². The molecule has 2 heterocycles. The van der Waals surface area contributed by atoms with Gasteiger partial charge in [-0.25, -0.2) is 4.79 Å². The molecule has 2 aliphatic rings. The molecule has 8 heteroatoms. The highest BCUT2D eigenvalue weighted by molar-refractivity contribution is 6.10. The minimum Gasteiger partial charge on any atom is -0.492 e. The molecule has 1 fully saturated rings. The Kier molecular flexibility index (Phi) is 5.78. The van der Waals surface area contributed by atoms with E-state index >= 15 is 0 Å². The molecular formula is C24H27N3O5. The van der Waals surface area contributed by atoms with Gasteiger partial charge in [0.05, 0.1) is 12.3 Å². The predicted molar refractivity (Wildman–Crippen MR) is 119 cm³/mol. The molecule has 4 amide bonds. The lowest BCUT2D eigenvalue weighted by molar-refractivity contribution is -0.134. The van der Waals surface area contributed by atoms with Gasteiger partial charge in [0.25, 0.3) is 5.91 Å². The summed E-state index contributed by atoms with van der Waals surface area (Å²) in [4.78, 5) is 39.7. The second-order valence-electron chi connectivity index (χ2n) is 8.02. The molecule has 2 N–H and O–H groups in total. The Morgan fingerprint density at radius 1 is 1.25 bits per heavy atom. The number of fused-ring (bicyclic) bond motifs is 1. The van der Waals surface area contributed by atoms with Gasteiger partial charge in [-0.1, -0.05) is 37.3 Å². The zero-order valence-corrected chi connectivity index (χ0v) is 18.4. The molecule has 1 saturated heterocycles. The number of amides is 4. The molecule has 0 spiro atoms. The van der Waals surface area contributed by atoms with Crippen LogP contribution in [0.3, 0.4) is 0 Å². The maximum atomic E-state index is 13.2. The highest BCUT2D eigenvalue weighted by atomic mass is 16.5. The Balaban J connectivity index is 1.53. The number of imide groups is 1. The Morgan fingerprint density at radius 3 is 2.69 bits per heavy atom. The quantitative estimate of drug-likeness (QED) is 0.649. The lowest BCUT2D eigenvalue weighted by Crippen LogP contribution is -2.44. The van der Waals surface area contributed by atoms with Gasteiger partial charge in [-0.3, -0.25) is 14.5 Å². The third-order valence-electron chi connectivity index (χ3n) is 5.85. The Hall–Kier alpha value is -3.55. The fourth-order valence-electron chi connectivity index (χ4n) is 4.28. The van der Waals surface area contributed by atoms with Crippen LogP contribution >= 0.6 is 0 Å². The largest absolute Gasteiger partial charge is 0.492 e. The molecule has 4 rings (SSSR count). The Bertz CT molecular complexity index is 1060. The summed E-state index contributed by atoms with van der Waals surface area (Å²) in [5.41, 5.74) is 0.976. The van der Waals surface area contributed by atoms with Gasteiger partial charge >= 0.3 is 6.03 Å². The van der Waals surface area contributed by atoms with Gasteiger partial charge in [-0.2, -0.15) is 0 Å². The maximum absolute atomic E-state index is 13.2. The van der Waals surface area contributed by atoms with Crippen molar-refractivity contribution in [2.75, 3.05) is 18.5 Å². The van der Waals surface area contributed by atoms with Crippen LogP contribution in [0.2, 0.25) is 0 Å². The van der Waals surface area contributed by atoms with E-state index in [0.717, 1.165) is 16.9 Å². The predicted octanol–water partition coefficient (Wildman–Crippen LogP) is 3.20. The SMILES string of the molecule is CCOc1cc2c(cc1NC(=O)CN1C(=O)N[C@@](CC)(c3ccccc3)C1=O)O[C@@H](C)C2. The number of nitrogens with one attached hydrogen (secondary N) is 2. The van der Waals surface area contributed by atoms with E-state index < -0.39 is 29.9 Å². The number of anilines is 1. The number of benzene rings is 2. The maximum Gasteiger partial charge on any atom is 0.325 e. The minimum atomic E-state index is -1.17. The summed E-state index contributed by atoms with van der Waals surface area (Å²) >= 11 is 0. The molecule has 0 aromatic heterocycles. The molecular weight excluding hydrogens is 410 g/mol. The van der Waals surface area contributed by atoms with Gasteiger partial charge in [-0.15, -0.1) is 0 Å². The third-order valence-corrected chi connectivity index (χ3v) is 5.85. The van der Waals surface area contributed by atoms with Gasteiger partial charge in [0, 0.05) is 18.1 Å². The number of carbonyl (C=O) groups excluding carboxylic acids is 3. The molecule has 0 bridgehead atoms. The number of hydrogen-bond donors (Lipinski definition) is 2. The summed E-state index contributed by atoms with van der Waals surface area (Å²) in [6, 6.07) is 12.1. The first kappa shape index (κ1) is 21.7. The van der Waals surface area contributed by atoms with E-state index in [-0.39, 0.29) is 6.10 Å². The van der Waals surface area contributed by atoms with E-state index in [1.165, 1.54) is 0 Å². The highest BCUT2D eigenvalue weighted by Gasteiger charge is 2.51. The van der Waals surface area contributed by atoms with Crippen molar-refractivity contribution in [1.82, 2.24) is 10.2 Å². The van der Waals surface area contributed by atoms with Crippen LogP contribution in [0, 0.1) is 0 Å². The van der Waals surface area contributed by atoms with Crippen LogP contribution in [0.15, 0.2) is 42.5 Å². The molecule has 2 aromatic carbocycles. The number of nitrogens with zero attached hydrogens (tertiary/aromatic N) is 1. The van der Waals surface area contributed by atoms with Crippen molar-refractivity contribution in [3.63, 3.8) is 0 Å². The van der Waals surface area contributed by atoms with E-state index in [9.17, 15) is 14.4 Å². The molecule has 8 nitrogen and oxygen atoms in total. The average Bonchev–Trinajstić information content (AvgIpc) is 3.25. The van der Waals surface area contributed by atoms with Crippen molar-refractivity contribution in [3.8, 4) is 11.5 Å². The van der Waals surface area contributed by atoms with Crippen LogP contribution in [0.1, 0.15) is 38.3 Å². The van der Waals surface area contributed by atoms with Gasteiger partial charge in [0.1, 0.15) is 29.7 Å². The van der Waals surface area contributed by atoms with Crippen LogP contribution < -0.4 is 20.1 Å². The van der Waals surface area contributed by atoms with Crippen LogP contribution in [-0.2, 0) is 21.5 Å². The number of hydrogen-bond acceptors (Lipinski definition) is 5. The third kappa shape index (κ3) is 3.77. The van der Waals surface area contributed by atoms with Crippen LogP contribution in [0.5, 0.6) is 11.5 Å². The molecule has 168 valence electrons. The molecule has 32 heavy (non-hydrogen) atoms. The zero-order valence-electron chi connectivity index (χ0n) is 18.4. The second-order valence-corrected chi connectivity index (χ2v) is 8.02. The van der Waals surface area contributed by atoms with Crippen molar-refractivity contribution in [1.29, 1.82) is 0 Å². The van der Waals surface area contributed by atoms with Crippen molar-refractivity contribution in [3.05, 3.63) is 53.6 Å². The fraction of sp³-hybridized carbons (Fsp3) is 0.375.